The van der Waals surface area contributed by atoms with Crippen LogP contribution in [0.25, 0.3) is 0 Å². The quantitative estimate of drug-likeness (QED) is 0.165. The monoisotopic (exact) mass is 780 g/mol. The predicted octanol–water partition coefficient (Wildman–Crippen LogP) is 1.27. The third-order valence-electron chi connectivity index (χ3n) is 17.1. The highest BCUT2D eigenvalue weighted by molar-refractivity contribution is 5.47. The van der Waals surface area contributed by atoms with Crippen LogP contribution in [0.2, 0.25) is 0 Å². The fourth-order valence-corrected chi connectivity index (χ4v) is 13.3. The summed E-state index contributed by atoms with van der Waals surface area (Å²) in [7, 11) is 0. The second-order valence-corrected chi connectivity index (χ2v) is 20.4. The van der Waals surface area contributed by atoms with Crippen LogP contribution in [-0.2, 0) is 14.2 Å². The Hall–Kier alpha value is -1.04. The standard InChI is InChI=1S/C42H68O13/c1-37(2)13-14-42(20-45)23(16-37)22-7-8-26-38(3)11-10-28(39(4,19-44)25(38)9-12-40(26,5)41(22,6)17-27(42)46)54-36-33(51)34(32(50)35(52)55-36)53-24-15-21(18-43)29(47)31(49)30(24)48/h7-8,21,24-36,43-52H,9-20H2,1-6H3/t21-,24-,25-,26-,27+,28+,29-,30+,31+,32-,33-,34+,35+,36-,38+,39+,40-,41-,42-/m0/s1. The van der Waals surface area contributed by atoms with Crippen molar-refractivity contribution < 1.29 is 65.3 Å². The van der Waals surface area contributed by atoms with E-state index in [2.05, 4.69) is 46.8 Å². The number of allylic oxidation sites excluding steroid dienone is 3. The molecule has 7 rings (SSSR count). The van der Waals surface area contributed by atoms with Crippen molar-refractivity contribution in [2.24, 2.45) is 50.2 Å². The fourth-order valence-electron chi connectivity index (χ4n) is 13.3. The number of aliphatic hydroxyl groups is 10. The lowest BCUT2D eigenvalue weighted by molar-refractivity contribution is -0.372. The molecular weight excluding hydrogens is 712 g/mol. The number of hydrogen-bond donors (Lipinski definition) is 10. The molecule has 5 fully saturated rings. The van der Waals surface area contributed by atoms with Gasteiger partial charge in [0.15, 0.2) is 12.6 Å². The molecule has 0 spiro atoms. The van der Waals surface area contributed by atoms with E-state index in [1.54, 1.807) is 0 Å². The maximum Gasteiger partial charge on any atom is 0.189 e. The van der Waals surface area contributed by atoms with E-state index >= 15 is 0 Å². The molecule has 13 heteroatoms. The lowest BCUT2D eigenvalue weighted by atomic mass is 9.35. The molecule has 0 amide bonds. The highest BCUT2D eigenvalue weighted by atomic mass is 16.8. The molecule has 1 aliphatic heterocycles. The van der Waals surface area contributed by atoms with Crippen LogP contribution < -0.4 is 0 Å². The second-order valence-electron chi connectivity index (χ2n) is 20.4. The normalized spacial score (nSPS) is 54.9. The van der Waals surface area contributed by atoms with Gasteiger partial charge in [-0.2, -0.15) is 0 Å². The molecule has 4 saturated carbocycles. The maximum atomic E-state index is 12.0. The zero-order valence-corrected chi connectivity index (χ0v) is 33.4. The van der Waals surface area contributed by atoms with Gasteiger partial charge in [-0.05, 0) is 91.4 Å². The molecule has 314 valence electrons. The van der Waals surface area contributed by atoms with Gasteiger partial charge < -0.3 is 65.3 Å². The van der Waals surface area contributed by atoms with Crippen molar-refractivity contribution in [2.75, 3.05) is 19.8 Å². The minimum atomic E-state index is -1.82. The summed E-state index contributed by atoms with van der Waals surface area (Å²) in [5.41, 5.74) is 0.300. The summed E-state index contributed by atoms with van der Waals surface area (Å²) in [4.78, 5) is 0. The van der Waals surface area contributed by atoms with E-state index in [1.807, 2.05) is 6.92 Å². The average molecular weight is 781 g/mol. The van der Waals surface area contributed by atoms with Gasteiger partial charge in [0.2, 0.25) is 0 Å². The summed E-state index contributed by atoms with van der Waals surface area (Å²) in [5, 5.41) is 108. The molecule has 55 heavy (non-hydrogen) atoms. The van der Waals surface area contributed by atoms with Crippen LogP contribution in [0.5, 0.6) is 0 Å². The Balaban J connectivity index is 1.15. The molecule has 0 radical (unpaired) electrons. The van der Waals surface area contributed by atoms with Crippen molar-refractivity contribution in [1.82, 2.24) is 0 Å². The van der Waals surface area contributed by atoms with Crippen molar-refractivity contribution in [3.05, 3.63) is 23.3 Å². The highest BCUT2D eigenvalue weighted by Crippen LogP contribution is 2.74. The molecule has 0 aromatic heterocycles. The van der Waals surface area contributed by atoms with Crippen molar-refractivity contribution in [3.63, 3.8) is 0 Å². The maximum absolute atomic E-state index is 12.0. The lowest BCUT2D eigenvalue weighted by Crippen LogP contribution is -2.67. The van der Waals surface area contributed by atoms with Gasteiger partial charge in [-0.3, -0.25) is 0 Å². The molecule has 0 bridgehead atoms. The van der Waals surface area contributed by atoms with Crippen LogP contribution >= 0.6 is 0 Å². The molecule has 0 unspecified atom stereocenters. The summed E-state index contributed by atoms with van der Waals surface area (Å²) in [6.45, 7) is 12.8. The molecule has 7 aliphatic rings. The second kappa shape index (κ2) is 14.3. The van der Waals surface area contributed by atoms with E-state index in [1.165, 1.54) is 11.1 Å². The summed E-state index contributed by atoms with van der Waals surface area (Å²) in [6, 6.07) is 0. The molecule has 0 aromatic carbocycles. The van der Waals surface area contributed by atoms with Gasteiger partial charge in [0.1, 0.15) is 30.5 Å². The van der Waals surface area contributed by atoms with E-state index in [9.17, 15) is 51.1 Å². The van der Waals surface area contributed by atoms with Crippen molar-refractivity contribution in [1.29, 1.82) is 0 Å². The lowest BCUT2D eigenvalue weighted by Gasteiger charge is -2.70. The van der Waals surface area contributed by atoms with Gasteiger partial charge in [-0.1, -0.05) is 59.3 Å². The van der Waals surface area contributed by atoms with E-state index in [-0.39, 0.29) is 53.1 Å². The molecular formula is C42H68O13. The van der Waals surface area contributed by atoms with Crippen LogP contribution in [-0.4, -0.2) is 138 Å². The van der Waals surface area contributed by atoms with E-state index < -0.39 is 90.9 Å². The number of rotatable bonds is 7. The first kappa shape index (κ1) is 42.1. The number of aliphatic hydroxyl groups excluding tert-OH is 10. The van der Waals surface area contributed by atoms with E-state index in [4.69, 9.17) is 14.2 Å². The van der Waals surface area contributed by atoms with E-state index in [0.29, 0.717) is 12.8 Å². The van der Waals surface area contributed by atoms with Crippen LogP contribution in [0.1, 0.15) is 99.3 Å². The Morgan fingerprint density at radius 1 is 0.764 bits per heavy atom. The van der Waals surface area contributed by atoms with Crippen LogP contribution in [0.15, 0.2) is 23.3 Å². The number of ether oxygens (including phenoxy) is 3. The third-order valence-corrected chi connectivity index (χ3v) is 17.1. The van der Waals surface area contributed by atoms with Gasteiger partial charge in [0.25, 0.3) is 0 Å². The highest BCUT2D eigenvalue weighted by Gasteiger charge is 2.69. The Morgan fingerprint density at radius 3 is 2.13 bits per heavy atom. The first-order chi connectivity index (χ1) is 25.7. The van der Waals surface area contributed by atoms with Gasteiger partial charge in [0.05, 0.1) is 37.6 Å². The zero-order chi connectivity index (χ0) is 40.3. The Morgan fingerprint density at radius 2 is 1.47 bits per heavy atom. The minimum absolute atomic E-state index is 0.0213. The smallest absolute Gasteiger partial charge is 0.189 e. The number of hydrogen-bond acceptors (Lipinski definition) is 13. The predicted molar refractivity (Wildman–Crippen MR) is 199 cm³/mol. The van der Waals surface area contributed by atoms with E-state index in [0.717, 1.165) is 38.5 Å². The summed E-state index contributed by atoms with van der Waals surface area (Å²) in [5.74, 6) is -0.739. The topological polar surface area (TPSA) is 230 Å². The Kier molecular flexibility index (Phi) is 11.0. The van der Waals surface area contributed by atoms with Gasteiger partial charge in [-0.25, -0.2) is 0 Å². The van der Waals surface area contributed by atoms with Gasteiger partial charge >= 0.3 is 0 Å². The van der Waals surface area contributed by atoms with Gasteiger partial charge in [-0.15, -0.1) is 0 Å². The van der Waals surface area contributed by atoms with Crippen LogP contribution in [0.4, 0.5) is 0 Å². The number of fused-ring (bicyclic) bond motifs is 6. The minimum Gasteiger partial charge on any atom is -0.396 e. The summed E-state index contributed by atoms with van der Waals surface area (Å²) in [6.07, 6.45) is -4.72. The molecule has 6 aliphatic carbocycles. The zero-order valence-electron chi connectivity index (χ0n) is 33.4. The molecule has 13 nitrogen and oxygen atoms in total. The fraction of sp³-hybridized carbons (Fsp3) is 0.905. The molecule has 19 atom stereocenters. The molecule has 0 aromatic rings. The van der Waals surface area contributed by atoms with Crippen molar-refractivity contribution in [3.8, 4) is 0 Å². The molecule has 1 saturated heterocycles. The largest absolute Gasteiger partial charge is 0.396 e. The Bertz CT molecular complexity index is 1500. The van der Waals surface area contributed by atoms with Crippen LogP contribution in [0.3, 0.4) is 0 Å². The van der Waals surface area contributed by atoms with Crippen molar-refractivity contribution >= 4 is 0 Å². The third kappa shape index (κ3) is 6.12. The first-order valence-corrected chi connectivity index (χ1v) is 20.7. The van der Waals surface area contributed by atoms with Crippen molar-refractivity contribution in [2.45, 2.75) is 167 Å². The van der Waals surface area contributed by atoms with Gasteiger partial charge in [0, 0.05) is 28.8 Å². The average Bonchev–Trinajstić information content (AvgIpc) is 3.13. The SMILES string of the molecule is CC1(C)CC[C@]2(CO)C(=C3C=C[C@H]4[C@]5(C)CC[C@@H](O[C@H]6O[C@@H](O)[C@@H](O)[C@@H](O[C@H]7C[C@@H](CO)[C@H](O)[C@@H](O)[C@@H]7O)[C@@H]6O)[C@](C)(CO)[C@H]5CC[C@]4(C)[C@@]3(C)C[C@H]2O)C1. The Labute approximate surface area is 325 Å². The first-order valence-electron chi connectivity index (χ1n) is 20.7. The molecule has 1 heterocycles. The van der Waals surface area contributed by atoms with Crippen LogP contribution in [0, 0.1) is 50.2 Å². The summed E-state index contributed by atoms with van der Waals surface area (Å²) < 4.78 is 18.1. The molecule has 10 N–H and O–H groups in total. The summed E-state index contributed by atoms with van der Waals surface area (Å²) >= 11 is 0.